The van der Waals surface area contributed by atoms with Crippen molar-refractivity contribution in [3.05, 3.63) is 0 Å². The molecule has 0 aromatic heterocycles. The van der Waals surface area contributed by atoms with Crippen molar-refractivity contribution < 1.29 is 19.1 Å². The van der Waals surface area contributed by atoms with Gasteiger partial charge in [-0.3, -0.25) is 9.59 Å². The third-order valence-electron chi connectivity index (χ3n) is 4.66. The number of carbonyl (C=O) groups excluding carboxylic acids is 2. The first-order valence-electron chi connectivity index (χ1n) is 8.67. The van der Waals surface area contributed by atoms with Gasteiger partial charge >= 0.3 is 11.9 Å². The Bertz CT molecular complexity index is 341. The molecule has 2 aliphatic heterocycles. The van der Waals surface area contributed by atoms with Crippen LogP contribution in [-0.4, -0.2) is 48.2 Å². The molecule has 132 valence electrons. The van der Waals surface area contributed by atoms with Crippen molar-refractivity contribution in [3.63, 3.8) is 0 Å². The summed E-state index contributed by atoms with van der Waals surface area (Å²) >= 11 is 4.00. The summed E-state index contributed by atoms with van der Waals surface area (Å²) in [6.45, 7) is 3.28. The second-order valence-corrected chi connectivity index (χ2v) is 8.80. The molecule has 0 saturated carbocycles. The lowest BCUT2D eigenvalue weighted by molar-refractivity contribution is -0.154. The van der Waals surface area contributed by atoms with E-state index in [0.717, 1.165) is 18.6 Å². The van der Waals surface area contributed by atoms with Crippen LogP contribution in [0.3, 0.4) is 0 Å². The van der Waals surface area contributed by atoms with Crippen molar-refractivity contribution >= 4 is 35.5 Å². The summed E-state index contributed by atoms with van der Waals surface area (Å²) in [5.41, 5.74) is 0. The minimum Gasteiger partial charge on any atom is -0.465 e. The molecule has 0 aromatic rings. The van der Waals surface area contributed by atoms with Crippen LogP contribution in [0, 0.1) is 17.8 Å². The van der Waals surface area contributed by atoms with Crippen LogP contribution in [-0.2, 0) is 19.1 Å². The fraction of sp³-hybridized carbons (Fsp3) is 0.882. The molecule has 6 heteroatoms. The fourth-order valence-electron chi connectivity index (χ4n) is 3.28. The summed E-state index contributed by atoms with van der Waals surface area (Å²) in [6, 6.07) is 0. The minimum atomic E-state index is -0.0701. The van der Waals surface area contributed by atoms with E-state index in [1.807, 2.05) is 23.5 Å². The van der Waals surface area contributed by atoms with Crippen molar-refractivity contribution in [2.24, 2.45) is 17.8 Å². The molecule has 4 nitrogen and oxygen atoms in total. The Morgan fingerprint density at radius 1 is 1.00 bits per heavy atom. The SMILES string of the molecule is CCSCCCSCC(C1CCC(=O)OC1)C1CCC(=O)OC1. The molecule has 2 aliphatic rings. The molecule has 0 N–H and O–H groups in total. The van der Waals surface area contributed by atoms with Gasteiger partial charge < -0.3 is 9.47 Å². The second kappa shape index (κ2) is 10.5. The molecule has 0 aromatic carbocycles. The molecule has 2 rings (SSSR count). The summed E-state index contributed by atoms with van der Waals surface area (Å²) in [6.07, 6.45) is 4.15. The molecule has 0 spiro atoms. The van der Waals surface area contributed by atoms with Gasteiger partial charge in [-0.1, -0.05) is 6.92 Å². The quantitative estimate of drug-likeness (QED) is 0.464. The largest absolute Gasteiger partial charge is 0.465 e. The van der Waals surface area contributed by atoms with Gasteiger partial charge in [-0.05, 0) is 60.0 Å². The Hall–Kier alpha value is -0.360. The highest BCUT2D eigenvalue weighted by Gasteiger charge is 2.35. The van der Waals surface area contributed by atoms with Gasteiger partial charge in [0, 0.05) is 12.8 Å². The first-order valence-corrected chi connectivity index (χ1v) is 11.0. The maximum Gasteiger partial charge on any atom is 0.305 e. The average molecular weight is 361 g/mol. The summed E-state index contributed by atoms with van der Waals surface area (Å²) in [4.78, 5) is 22.6. The first kappa shape index (κ1) is 19.0. The predicted octanol–water partition coefficient (Wildman–Crippen LogP) is 3.39. The first-order chi connectivity index (χ1) is 11.2. The van der Waals surface area contributed by atoms with Gasteiger partial charge in [-0.15, -0.1) is 0 Å². The number of cyclic esters (lactones) is 2. The highest BCUT2D eigenvalue weighted by Crippen LogP contribution is 2.35. The molecule has 0 radical (unpaired) electrons. The van der Waals surface area contributed by atoms with Crippen molar-refractivity contribution in [2.75, 3.05) is 36.2 Å². The van der Waals surface area contributed by atoms with Crippen LogP contribution in [0.2, 0.25) is 0 Å². The molecule has 2 atom stereocenters. The number of thioether (sulfide) groups is 2. The molecule has 2 saturated heterocycles. The third kappa shape index (κ3) is 6.57. The topological polar surface area (TPSA) is 52.6 Å². The van der Waals surface area contributed by atoms with Gasteiger partial charge in [0.05, 0.1) is 13.2 Å². The smallest absolute Gasteiger partial charge is 0.305 e. The summed E-state index contributed by atoms with van der Waals surface area (Å²) in [5.74, 6) is 5.88. The zero-order valence-electron chi connectivity index (χ0n) is 14.0. The van der Waals surface area contributed by atoms with Gasteiger partial charge in [-0.2, -0.15) is 23.5 Å². The minimum absolute atomic E-state index is 0.0701. The zero-order valence-corrected chi connectivity index (χ0v) is 15.6. The van der Waals surface area contributed by atoms with E-state index >= 15 is 0 Å². The Morgan fingerprint density at radius 2 is 1.57 bits per heavy atom. The van der Waals surface area contributed by atoms with Crippen LogP contribution in [0.15, 0.2) is 0 Å². The van der Waals surface area contributed by atoms with Gasteiger partial charge in [0.25, 0.3) is 0 Å². The fourth-order valence-corrected chi connectivity index (χ4v) is 5.43. The predicted molar refractivity (Wildman–Crippen MR) is 95.8 cm³/mol. The van der Waals surface area contributed by atoms with Crippen molar-refractivity contribution in [2.45, 2.75) is 39.0 Å². The van der Waals surface area contributed by atoms with Gasteiger partial charge in [0.15, 0.2) is 0 Å². The molecule has 23 heavy (non-hydrogen) atoms. The van der Waals surface area contributed by atoms with E-state index in [4.69, 9.17) is 9.47 Å². The van der Waals surface area contributed by atoms with Crippen LogP contribution >= 0.6 is 23.5 Å². The van der Waals surface area contributed by atoms with Crippen LogP contribution < -0.4 is 0 Å². The van der Waals surface area contributed by atoms with Crippen LogP contribution in [0.5, 0.6) is 0 Å². The third-order valence-corrected chi connectivity index (χ3v) is 6.84. The number of hydrogen-bond acceptors (Lipinski definition) is 6. The Labute approximate surface area is 147 Å². The molecular weight excluding hydrogens is 332 g/mol. The monoisotopic (exact) mass is 360 g/mol. The lowest BCUT2D eigenvalue weighted by Gasteiger charge is -2.36. The number of carbonyl (C=O) groups is 2. The maximum absolute atomic E-state index is 11.3. The summed E-state index contributed by atoms with van der Waals surface area (Å²) in [5, 5.41) is 0. The molecule has 2 heterocycles. The van der Waals surface area contributed by atoms with Crippen LogP contribution in [0.1, 0.15) is 39.0 Å². The van der Waals surface area contributed by atoms with Gasteiger partial charge in [-0.25, -0.2) is 0 Å². The van der Waals surface area contributed by atoms with E-state index in [0.29, 0.717) is 43.8 Å². The Kier molecular flexibility index (Phi) is 8.66. The van der Waals surface area contributed by atoms with Crippen molar-refractivity contribution in [3.8, 4) is 0 Å². The molecule has 0 amide bonds. The Balaban J connectivity index is 1.81. The number of rotatable bonds is 9. The Morgan fingerprint density at radius 3 is 2.04 bits per heavy atom. The molecular formula is C17H28O4S2. The van der Waals surface area contributed by atoms with E-state index < -0.39 is 0 Å². The average Bonchev–Trinajstić information content (AvgIpc) is 2.57. The van der Waals surface area contributed by atoms with Crippen molar-refractivity contribution in [1.29, 1.82) is 0 Å². The van der Waals surface area contributed by atoms with E-state index in [9.17, 15) is 9.59 Å². The number of esters is 2. The van der Waals surface area contributed by atoms with Crippen molar-refractivity contribution in [1.82, 2.24) is 0 Å². The number of hydrogen-bond donors (Lipinski definition) is 0. The van der Waals surface area contributed by atoms with E-state index in [-0.39, 0.29) is 11.9 Å². The lowest BCUT2D eigenvalue weighted by Crippen LogP contribution is -2.37. The molecule has 2 fully saturated rings. The van der Waals surface area contributed by atoms with E-state index in [1.165, 1.54) is 23.7 Å². The number of ether oxygens (including phenoxy) is 2. The molecule has 0 aliphatic carbocycles. The highest BCUT2D eigenvalue weighted by molar-refractivity contribution is 8.00. The standard InChI is InChI=1S/C17H28O4S2/c1-2-22-8-3-9-23-12-15(13-4-6-16(18)20-10-13)14-5-7-17(19)21-11-14/h13-15H,2-12H2,1H3. The van der Waals surface area contributed by atoms with Crippen LogP contribution in [0.4, 0.5) is 0 Å². The van der Waals surface area contributed by atoms with E-state index in [2.05, 4.69) is 6.92 Å². The lowest BCUT2D eigenvalue weighted by atomic mass is 9.77. The van der Waals surface area contributed by atoms with Gasteiger partial charge in [0.2, 0.25) is 0 Å². The molecule has 2 unspecified atom stereocenters. The molecule has 0 bridgehead atoms. The van der Waals surface area contributed by atoms with Gasteiger partial charge in [0.1, 0.15) is 0 Å². The second-order valence-electron chi connectivity index (χ2n) is 6.25. The zero-order chi connectivity index (χ0) is 16.5. The normalized spacial score (nSPS) is 26.5. The van der Waals surface area contributed by atoms with E-state index in [1.54, 1.807) is 0 Å². The maximum atomic E-state index is 11.3. The highest BCUT2D eigenvalue weighted by atomic mass is 32.2. The summed E-state index contributed by atoms with van der Waals surface area (Å²) in [7, 11) is 0. The summed E-state index contributed by atoms with van der Waals surface area (Å²) < 4.78 is 10.6. The van der Waals surface area contributed by atoms with Crippen LogP contribution in [0.25, 0.3) is 0 Å².